The predicted molar refractivity (Wildman–Crippen MR) is 81.4 cm³/mol. The van der Waals surface area contributed by atoms with Gasteiger partial charge < -0.3 is 10.3 Å². The summed E-state index contributed by atoms with van der Waals surface area (Å²) in [6.45, 7) is 7.70. The van der Waals surface area contributed by atoms with Crippen LogP contribution in [0.5, 0.6) is 0 Å². The van der Waals surface area contributed by atoms with Gasteiger partial charge in [0.15, 0.2) is 0 Å². The van der Waals surface area contributed by atoms with Gasteiger partial charge in [-0.3, -0.25) is 0 Å². The van der Waals surface area contributed by atoms with Crippen molar-refractivity contribution in [2.24, 2.45) is 0 Å². The summed E-state index contributed by atoms with van der Waals surface area (Å²) >= 11 is 1.90. The van der Waals surface area contributed by atoms with Crippen molar-refractivity contribution in [2.45, 2.75) is 37.8 Å². The number of aromatic amines is 1. The highest BCUT2D eigenvalue weighted by molar-refractivity contribution is 7.99. The lowest BCUT2D eigenvalue weighted by molar-refractivity contribution is 0.427. The maximum absolute atomic E-state index is 3.51. The van der Waals surface area contributed by atoms with Gasteiger partial charge in [-0.25, -0.2) is 0 Å². The molecule has 1 heterocycles. The zero-order chi connectivity index (χ0) is 13.0. The minimum atomic E-state index is 0.228. The van der Waals surface area contributed by atoms with Crippen molar-refractivity contribution in [1.82, 2.24) is 10.3 Å². The van der Waals surface area contributed by atoms with Crippen molar-refractivity contribution < 1.29 is 0 Å². The second-order valence-electron chi connectivity index (χ2n) is 5.60. The predicted octanol–water partition coefficient (Wildman–Crippen LogP) is 4.04. The molecule has 0 unspecified atom stereocenters. The van der Waals surface area contributed by atoms with E-state index in [1.54, 1.807) is 0 Å². The number of aromatic nitrogens is 1. The van der Waals surface area contributed by atoms with Gasteiger partial charge in [-0.05, 0) is 45.9 Å². The number of rotatable bonds is 5. The molecule has 98 valence electrons. The molecule has 2 N–H and O–H groups in total. The van der Waals surface area contributed by atoms with E-state index in [1.807, 2.05) is 11.8 Å². The molecular weight excluding hydrogens is 240 g/mol. The van der Waals surface area contributed by atoms with E-state index < -0.39 is 0 Å². The summed E-state index contributed by atoms with van der Waals surface area (Å²) in [5.74, 6) is 1.15. The number of para-hydroxylation sites is 1. The number of benzene rings is 1. The fraction of sp³-hybridized carbons (Fsp3) is 0.467. The van der Waals surface area contributed by atoms with Crippen LogP contribution in [0.4, 0.5) is 0 Å². The van der Waals surface area contributed by atoms with Crippen molar-refractivity contribution in [3.63, 3.8) is 0 Å². The Kier molecular flexibility index (Phi) is 4.36. The van der Waals surface area contributed by atoms with Gasteiger partial charge in [-0.1, -0.05) is 18.2 Å². The summed E-state index contributed by atoms with van der Waals surface area (Å²) in [6.07, 6.45) is 1.19. The number of hydrogen-bond donors (Lipinski definition) is 2. The summed E-state index contributed by atoms with van der Waals surface area (Å²) in [7, 11) is 0. The molecule has 0 aliphatic heterocycles. The topological polar surface area (TPSA) is 27.8 Å². The molecule has 18 heavy (non-hydrogen) atoms. The summed E-state index contributed by atoms with van der Waals surface area (Å²) in [5, 5.41) is 6.08. The molecule has 3 heteroatoms. The number of nitrogens with one attached hydrogen (secondary N) is 2. The van der Waals surface area contributed by atoms with E-state index in [0.29, 0.717) is 0 Å². The molecule has 2 rings (SSSR count). The fourth-order valence-corrected chi connectivity index (χ4v) is 2.74. The molecule has 2 nitrogen and oxygen atoms in total. The Bertz CT molecular complexity index is 463. The summed E-state index contributed by atoms with van der Waals surface area (Å²) < 4.78 is 0. The first-order valence-electron chi connectivity index (χ1n) is 6.50. The molecule has 0 saturated carbocycles. The Morgan fingerprint density at radius 2 is 2.00 bits per heavy atom. The van der Waals surface area contributed by atoms with Crippen LogP contribution in [0.15, 0.2) is 35.4 Å². The molecule has 2 aromatic rings. The number of fused-ring (bicyclic) bond motifs is 1. The second kappa shape index (κ2) is 5.81. The zero-order valence-corrected chi connectivity index (χ0v) is 12.2. The molecule has 0 amide bonds. The van der Waals surface area contributed by atoms with Crippen LogP contribution in [0.25, 0.3) is 10.9 Å². The lowest BCUT2D eigenvalue weighted by atomic mass is 10.1. The number of thioether (sulfide) groups is 1. The van der Waals surface area contributed by atoms with Gasteiger partial charge in [0.1, 0.15) is 0 Å². The van der Waals surface area contributed by atoms with Crippen LogP contribution in [0.2, 0.25) is 0 Å². The Morgan fingerprint density at radius 1 is 1.22 bits per heavy atom. The van der Waals surface area contributed by atoms with Crippen LogP contribution < -0.4 is 5.32 Å². The number of H-pyrrole nitrogens is 1. The Hall–Kier alpha value is -0.930. The zero-order valence-electron chi connectivity index (χ0n) is 11.4. The van der Waals surface area contributed by atoms with Gasteiger partial charge in [-0.15, -0.1) is 11.8 Å². The maximum atomic E-state index is 3.51. The summed E-state index contributed by atoms with van der Waals surface area (Å²) in [4.78, 5) is 3.45. The number of hydrogen-bond acceptors (Lipinski definition) is 2. The molecule has 0 aliphatic carbocycles. The fourth-order valence-electron chi connectivity index (χ4n) is 1.84. The Balaban J connectivity index is 1.77. The van der Waals surface area contributed by atoms with Crippen molar-refractivity contribution in [1.29, 1.82) is 0 Å². The highest BCUT2D eigenvalue weighted by Crippen LogP contribution is 2.23. The summed E-state index contributed by atoms with van der Waals surface area (Å²) in [5.41, 5.74) is 1.46. The first kappa shape index (κ1) is 13.5. The van der Waals surface area contributed by atoms with Crippen LogP contribution in [0.1, 0.15) is 27.2 Å². The average molecular weight is 262 g/mol. The van der Waals surface area contributed by atoms with Crippen molar-refractivity contribution >= 4 is 22.7 Å². The van der Waals surface area contributed by atoms with Crippen molar-refractivity contribution in [2.75, 3.05) is 12.3 Å². The first-order chi connectivity index (χ1) is 8.54. The summed E-state index contributed by atoms with van der Waals surface area (Å²) in [6, 6.07) is 10.7. The van der Waals surface area contributed by atoms with E-state index >= 15 is 0 Å². The molecule has 0 bridgehead atoms. The van der Waals surface area contributed by atoms with Gasteiger partial charge in [0, 0.05) is 22.2 Å². The van der Waals surface area contributed by atoms with Crippen LogP contribution in [-0.2, 0) is 0 Å². The van der Waals surface area contributed by atoms with Gasteiger partial charge >= 0.3 is 0 Å². The monoisotopic (exact) mass is 262 g/mol. The lowest BCUT2D eigenvalue weighted by Crippen LogP contribution is -2.36. The minimum Gasteiger partial charge on any atom is -0.350 e. The Labute approximate surface area is 114 Å². The minimum absolute atomic E-state index is 0.228. The van der Waals surface area contributed by atoms with Crippen molar-refractivity contribution in [3.8, 4) is 0 Å². The van der Waals surface area contributed by atoms with Crippen molar-refractivity contribution in [3.05, 3.63) is 30.3 Å². The van der Waals surface area contributed by atoms with Crippen LogP contribution >= 0.6 is 11.8 Å². The third kappa shape index (κ3) is 4.07. The average Bonchev–Trinajstić information content (AvgIpc) is 2.69. The Morgan fingerprint density at radius 3 is 2.72 bits per heavy atom. The van der Waals surface area contributed by atoms with Crippen LogP contribution in [-0.4, -0.2) is 22.8 Å². The highest BCUT2D eigenvalue weighted by Gasteiger charge is 2.07. The molecule has 0 radical (unpaired) electrons. The standard InChI is InChI=1S/C15H22N2S/c1-15(2,3)16-9-6-10-18-14-11-12-7-4-5-8-13(12)17-14/h4-5,7-8,11,16-17H,6,9-10H2,1-3H3. The molecule has 1 aromatic carbocycles. The third-order valence-electron chi connectivity index (χ3n) is 2.74. The van der Waals surface area contributed by atoms with Gasteiger partial charge in [0.25, 0.3) is 0 Å². The van der Waals surface area contributed by atoms with Crippen LogP contribution in [0.3, 0.4) is 0 Å². The van der Waals surface area contributed by atoms with Crippen LogP contribution in [0, 0.1) is 0 Å². The van der Waals surface area contributed by atoms with E-state index in [2.05, 4.69) is 61.4 Å². The first-order valence-corrected chi connectivity index (χ1v) is 7.49. The molecular formula is C15H22N2S. The SMILES string of the molecule is CC(C)(C)NCCCSc1cc2ccccc2[nH]1. The van der Waals surface area contributed by atoms with E-state index in [1.165, 1.54) is 22.3 Å². The van der Waals surface area contributed by atoms with Gasteiger partial charge in [0.05, 0.1) is 5.03 Å². The molecule has 0 spiro atoms. The van der Waals surface area contributed by atoms with E-state index in [0.717, 1.165) is 12.3 Å². The smallest absolute Gasteiger partial charge is 0.0732 e. The lowest BCUT2D eigenvalue weighted by Gasteiger charge is -2.20. The normalized spacial score (nSPS) is 12.2. The molecule has 0 aliphatic rings. The highest BCUT2D eigenvalue weighted by atomic mass is 32.2. The second-order valence-corrected chi connectivity index (χ2v) is 6.74. The third-order valence-corrected chi connectivity index (χ3v) is 3.76. The van der Waals surface area contributed by atoms with Gasteiger partial charge in [0.2, 0.25) is 0 Å². The quantitative estimate of drug-likeness (QED) is 0.629. The van der Waals surface area contributed by atoms with Gasteiger partial charge in [-0.2, -0.15) is 0 Å². The van der Waals surface area contributed by atoms with E-state index in [-0.39, 0.29) is 5.54 Å². The maximum Gasteiger partial charge on any atom is 0.0732 e. The van der Waals surface area contributed by atoms with E-state index in [9.17, 15) is 0 Å². The molecule has 0 fully saturated rings. The molecule has 1 aromatic heterocycles. The molecule has 0 saturated heterocycles. The molecule has 0 atom stereocenters. The largest absolute Gasteiger partial charge is 0.350 e. The van der Waals surface area contributed by atoms with E-state index in [4.69, 9.17) is 0 Å².